The van der Waals surface area contributed by atoms with Crippen LogP contribution in [0.2, 0.25) is 0 Å². The average molecular weight is 397 g/mol. The Morgan fingerprint density at radius 2 is 1.18 bits per heavy atom. The lowest BCUT2D eigenvalue weighted by atomic mass is 10.2. The third-order valence-corrected chi connectivity index (χ3v) is 2.77. The molecule has 0 atom stereocenters. The maximum Gasteiger partial charge on any atom is 0.310 e. The van der Waals surface area contributed by atoms with E-state index >= 15 is 0 Å². The van der Waals surface area contributed by atoms with Crippen LogP contribution in [0.15, 0.2) is 48.6 Å². The van der Waals surface area contributed by atoms with Crippen LogP contribution in [0.5, 0.6) is 0 Å². The molecule has 6 nitrogen and oxygen atoms in total. The highest BCUT2D eigenvalue weighted by Crippen LogP contribution is 1.99. The van der Waals surface area contributed by atoms with E-state index in [1.807, 2.05) is 32.1 Å². The first kappa shape index (κ1) is 30.3. The van der Waals surface area contributed by atoms with Crippen molar-refractivity contribution in [2.24, 2.45) is 0 Å². The molecule has 0 aromatic carbocycles. The van der Waals surface area contributed by atoms with E-state index in [0.717, 1.165) is 36.8 Å². The highest BCUT2D eigenvalue weighted by molar-refractivity contribution is 5.82. The van der Waals surface area contributed by atoms with Gasteiger partial charge in [-0.3, -0.25) is 14.4 Å². The Morgan fingerprint density at radius 3 is 1.46 bits per heavy atom. The number of esters is 3. The number of rotatable bonds is 9. The molecule has 0 amide bonds. The van der Waals surface area contributed by atoms with Gasteiger partial charge in [0.15, 0.2) is 0 Å². The highest BCUT2D eigenvalue weighted by Gasteiger charge is 1.94. The van der Waals surface area contributed by atoms with Crippen LogP contribution in [0.3, 0.4) is 0 Å². The molecule has 0 aliphatic heterocycles. The molecule has 0 aromatic heterocycles. The zero-order valence-corrected chi connectivity index (χ0v) is 18.0. The molecule has 6 heteroatoms. The lowest BCUT2D eigenvalue weighted by Gasteiger charge is -2.00. The number of hydrogen-bond acceptors (Lipinski definition) is 6. The second kappa shape index (κ2) is 22.6. The van der Waals surface area contributed by atoms with Crippen LogP contribution in [-0.4, -0.2) is 36.2 Å². The number of aliphatic hydroxyl groups excluding tert-OH is 1. The lowest BCUT2D eigenvalue weighted by molar-refractivity contribution is -0.156. The quantitative estimate of drug-likeness (QED) is 0.268. The van der Waals surface area contributed by atoms with E-state index in [9.17, 15) is 14.4 Å². The van der Waals surface area contributed by atoms with Gasteiger partial charge in [-0.05, 0) is 45.1 Å². The molecule has 0 unspecified atom stereocenters. The Kier molecular flexibility index (Phi) is 24.4. The molecule has 0 aliphatic rings. The van der Waals surface area contributed by atoms with Crippen LogP contribution in [0.25, 0.3) is 0 Å². The monoisotopic (exact) mass is 396 g/mol. The van der Waals surface area contributed by atoms with Crippen molar-refractivity contribution in [3.05, 3.63) is 48.6 Å². The van der Waals surface area contributed by atoms with Crippen LogP contribution in [-0.2, 0) is 23.9 Å². The molecule has 160 valence electrons. The summed E-state index contributed by atoms with van der Waals surface area (Å²) in [6.07, 6.45) is 11.8. The first-order valence-electron chi connectivity index (χ1n) is 9.06. The summed E-state index contributed by atoms with van der Waals surface area (Å²) >= 11 is 0. The normalized spacial score (nSPS) is 10.4. The van der Waals surface area contributed by atoms with Gasteiger partial charge in [0.1, 0.15) is 6.61 Å². The molecular formula is C22H36O6. The minimum absolute atomic E-state index is 0.178. The summed E-state index contributed by atoms with van der Waals surface area (Å²) in [5.74, 6) is -1.36. The van der Waals surface area contributed by atoms with Crippen LogP contribution >= 0.6 is 0 Å². The molecule has 0 fully saturated rings. The minimum Gasteiger partial charge on any atom is -0.461 e. The zero-order chi connectivity index (χ0) is 22.4. The summed E-state index contributed by atoms with van der Waals surface area (Å²) < 4.78 is 8.77. The van der Waals surface area contributed by atoms with Gasteiger partial charge in [-0.15, -0.1) is 13.2 Å². The van der Waals surface area contributed by atoms with E-state index in [1.165, 1.54) is 20.8 Å². The Hall–Kier alpha value is -2.47. The van der Waals surface area contributed by atoms with Gasteiger partial charge in [-0.1, -0.05) is 29.9 Å². The SMILES string of the molecule is C=CCCC=C(C)CO.C=CCCC=C(C)COC(C)=O.CC(=O)OC(C)=O. The molecular weight excluding hydrogens is 360 g/mol. The highest BCUT2D eigenvalue weighted by atomic mass is 16.6. The van der Waals surface area contributed by atoms with E-state index in [1.54, 1.807) is 0 Å². The lowest BCUT2D eigenvalue weighted by Crippen LogP contribution is -2.03. The Morgan fingerprint density at radius 1 is 0.750 bits per heavy atom. The van der Waals surface area contributed by atoms with E-state index in [2.05, 4.69) is 24.0 Å². The third-order valence-electron chi connectivity index (χ3n) is 2.77. The van der Waals surface area contributed by atoms with Crippen molar-refractivity contribution >= 4 is 17.9 Å². The molecule has 0 spiro atoms. The van der Waals surface area contributed by atoms with Crippen molar-refractivity contribution in [1.82, 2.24) is 0 Å². The van der Waals surface area contributed by atoms with Crippen LogP contribution < -0.4 is 0 Å². The molecule has 0 bridgehead atoms. The molecule has 1 N–H and O–H groups in total. The predicted octanol–water partition coefficient (Wildman–Crippen LogP) is 4.45. The largest absolute Gasteiger partial charge is 0.461 e. The van der Waals surface area contributed by atoms with Crippen molar-refractivity contribution in [3.63, 3.8) is 0 Å². The number of carbonyl (C=O) groups excluding carboxylic acids is 3. The fraction of sp³-hybridized carbons (Fsp3) is 0.500. The van der Waals surface area contributed by atoms with Crippen LogP contribution in [0, 0.1) is 0 Å². The zero-order valence-electron chi connectivity index (χ0n) is 18.0. The van der Waals surface area contributed by atoms with Crippen molar-refractivity contribution < 1.29 is 29.0 Å². The standard InChI is InChI=1S/C10H16O2.C8H14O.C4H6O3/c1-4-5-6-7-9(2)8-12-10(3)11;1-3-4-5-6-8(2)7-9;1-3(5)7-4(2)6/h4,7H,1,5-6,8H2,2-3H3;3,6,9H,1,4-5,7H2,2H3;1-2H3. The first-order chi connectivity index (χ1) is 13.1. The number of aliphatic hydroxyl groups is 1. The number of unbranched alkanes of at least 4 members (excludes halogenated alkanes) is 2. The predicted molar refractivity (Wildman–Crippen MR) is 113 cm³/mol. The summed E-state index contributed by atoms with van der Waals surface area (Å²) in [7, 11) is 0. The number of allylic oxidation sites excluding steroid dienone is 4. The van der Waals surface area contributed by atoms with Gasteiger partial charge in [0.2, 0.25) is 0 Å². The van der Waals surface area contributed by atoms with Crippen molar-refractivity contribution in [3.8, 4) is 0 Å². The Balaban J connectivity index is -0.000000349. The summed E-state index contributed by atoms with van der Waals surface area (Å²) in [6.45, 7) is 15.4. The number of carbonyl (C=O) groups is 3. The molecule has 0 rings (SSSR count). The van der Waals surface area contributed by atoms with E-state index in [4.69, 9.17) is 9.84 Å². The Bertz CT molecular complexity index is 517. The van der Waals surface area contributed by atoms with Gasteiger partial charge < -0.3 is 14.6 Å². The van der Waals surface area contributed by atoms with Gasteiger partial charge in [0, 0.05) is 20.8 Å². The van der Waals surface area contributed by atoms with Crippen molar-refractivity contribution in [2.45, 2.75) is 60.3 Å². The molecule has 0 saturated carbocycles. The van der Waals surface area contributed by atoms with E-state index in [0.29, 0.717) is 6.61 Å². The average Bonchev–Trinajstić information content (AvgIpc) is 2.60. The number of hydrogen-bond donors (Lipinski definition) is 1. The topological polar surface area (TPSA) is 89.9 Å². The smallest absolute Gasteiger partial charge is 0.310 e. The van der Waals surface area contributed by atoms with Crippen LogP contribution in [0.4, 0.5) is 0 Å². The van der Waals surface area contributed by atoms with Crippen LogP contribution in [0.1, 0.15) is 60.3 Å². The Labute approximate surface area is 169 Å². The minimum atomic E-state index is -0.562. The number of ether oxygens (including phenoxy) is 2. The van der Waals surface area contributed by atoms with Gasteiger partial charge in [-0.2, -0.15) is 0 Å². The molecule has 0 aromatic rings. The fourth-order valence-corrected chi connectivity index (χ4v) is 1.44. The maximum atomic E-state index is 10.4. The second-order valence-electron chi connectivity index (χ2n) is 5.86. The summed E-state index contributed by atoms with van der Waals surface area (Å²) in [6, 6.07) is 0. The van der Waals surface area contributed by atoms with Gasteiger partial charge >= 0.3 is 17.9 Å². The molecule has 0 radical (unpaired) electrons. The summed E-state index contributed by atoms with van der Waals surface area (Å²) in [4.78, 5) is 30.0. The molecule has 0 aliphatic carbocycles. The first-order valence-corrected chi connectivity index (χ1v) is 9.06. The maximum absolute atomic E-state index is 10.4. The van der Waals surface area contributed by atoms with Gasteiger partial charge in [-0.25, -0.2) is 0 Å². The van der Waals surface area contributed by atoms with Gasteiger partial charge in [0.05, 0.1) is 6.61 Å². The summed E-state index contributed by atoms with van der Waals surface area (Å²) in [5, 5.41) is 8.54. The van der Waals surface area contributed by atoms with E-state index < -0.39 is 11.9 Å². The second-order valence-corrected chi connectivity index (χ2v) is 5.86. The van der Waals surface area contributed by atoms with Crippen molar-refractivity contribution in [1.29, 1.82) is 0 Å². The van der Waals surface area contributed by atoms with E-state index in [-0.39, 0.29) is 12.6 Å². The third kappa shape index (κ3) is 34.8. The summed E-state index contributed by atoms with van der Waals surface area (Å²) in [5.41, 5.74) is 2.13. The van der Waals surface area contributed by atoms with Crippen molar-refractivity contribution in [2.75, 3.05) is 13.2 Å². The molecule has 0 heterocycles. The van der Waals surface area contributed by atoms with Gasteiger partial charge in [0.25, 0.3) is 0 Å². The fourth-order valence-electron chi connectivity index (χ4n) is 1.44. The molecule has 0 saturated heterocycles. The molecule has 28 heavy (non-hydrogen) atoms.